The molecule has 0 saturated carbocycles. The van der Waals surface area contributed by atoms with Crippen LogP contribution < -0.4 is 10.2 Å². The van der Waals surface area contributed by atoms with Crippen LogP contribution in [0.3, 0.4) is 0 Å². The van der Waals surface area contributed by atoms with Crippen LogP contribution >= 0.6 is 11.6 Å². The molecule has 8 nitrogen and oxygen atoms in total. The van der Waals surface area contributed by atoms with E-state index in [4.69, 9.17) is 16.3 Å². The summed E-state index contributed by atoms with van der Waals surface area (Å²) in [5.41, 5.74) is 1.01. The minimum Gasteiger partial charge on any atom is -0.452 e. The standard InChI is InChI=1S/C25H22ClF2N3O5S/c26-22-10-1-17(25(33)36-16-24(32)29-20-6-2-18(27)3-7-20)15-23(22)37(34,35)31-13-11-30(12-14-31)21-8-4-19(28)5-9-21/h1-10,15H,11-14,16H2,(H,29,32). The molecule has 0 aromatic heterocycles. The highest BCUT2D eigenvalue weighted by molar-refractivity contribution is 7.89. The molecule has 0 spiro atoms. The van der Waals surface area contributed by atoms with Gasteiger partial charge >= 0.3 is 5.97 Å². The van der Waals surface area contributed by atoms with Crippen molar-refractivity contribution in [1.82, 2.24) is 4.31 Å². The number of anilines is 2. The summed E-state index contributed by atoms with van der Waals surface area (Å²) in [6.45, 7) is 0.454. The normalized spacial score (nSPS) is 14.3. The monoisotopic (exact) mass is 549 g/mol. The number of sulfonamides is 1. The molecular formula is C25H22ClF2N3O5S. The number of hydrogen-bond acceptors (Lipinski definition) is 6. The Hall–Kier alpha value is -3.54. The Morgan fingerprint density at radius 2 is 1.49 bits per heavy atom. The van der Waals surface area contributed by atoms with Crippen LogP contribution in [0.1, 0.15) is 10.4 Å². The number of ether oxygens (including phenoxy) is 1. The molecule has 1 aliphatic rings. The third-order valence-corrected chi connectivity index (χ3v) is 8.06. The molecule has 0 unspecified atom stereocenters. The van der Waals surface area contributed by atoms with E-state index in [1.54, 1.807) is 12.1 Å². The van der Waals surface area contributed by atoms with E-state index in [0.29, 0.717) is 18.8 Å². The number of hydrogen-bond donors (Lipinski definition) is 1. The molecule has 3 aromatic carbocycles. The maximum atomic E-state index is 13.3. The summed E-state index contributed by atoms with van der Waals surface area (Å²) in [5, 5.41) is 2.39. The van der Waals surface area contributed by atoms with E-state index in [1.165, 1.54) is 52.8 Å². The lowest BCUT2D eigenvalue weighted by atomic mass is 10.2. The lowest BCUT2D eigenvalue weighted by Gasteiger charge is -2.35. The topological polar surface area (TPSA) is 96.0 Å². The van der Waals surface area contributed by atoms with Crippen LogP contribution in [-0.4, -0.2) is 57.4 Å². The van der Waals surface area contributed by atoms with Crippen molar-refractivity contribution in [2.24, 2.45) is 0 Å². The highest BCUT2D eigenvalue weighted by Crippen LogP contribution is 2.28. The Balaban J connectivity index is 1.39. The van der Waals surface area contributed by atoms with Gasteiger partial charge in [-0.25, -0.2) is 22.0 Å². The summed E-state index contributed by atoms with van der Waals surface area (Å²) in [5.74, 6) is -2.39. The predicted molar refractivity (Wildman–Crippen MR) is 134 cm³/mol. The number of piperazine rings is 1. The second kappa shape index (κ2) is 11.2. The van der Waals surface area contributed by atoms with Crippen LogP contribution in [-0.2, 0) is 19.6 Å². The summed E-state index contributed by atoms with van der Waals surface area (Å²) >= 11 is 6.18. The molecule has 194 valence electrons. The van der Waals surface area contributed by atoms with Crippen molar-refractivity contribution in [2.45, 2.75) is 4.90 Å². The summed E-state index contributed by atoms with van der Waals surface area (Å²) in [6, 6.07) is 14.7. The molecule has 1 fully saturated rings. The smallest absolute Gasteiger partial charge is 0.338 e. The van der Waals surface area contributed by atoms with E-state index >= 15 is 0 Å². The summed E-state index contributed by atoms with van der Waals surface area (Å²) < 4.78 is 59.0. The maximum Gasteiger partial charge on any atom is 0.338 e. The number of carbonyl (C=O) groups excluding carboxylic acids is 2. The molecule has 0 radical (unpaired) electrons. The molecule has 1 heterocycles. The molecule has 1 aliphatic heterocycles. The Bertz CT molecular complexity index is 1390. The largest absolute Gasteiger partial charge is 0.452 e. The second-order valence-electron chi connectivity index (χ2n) is 8.14. The first-order valence-corrected chi connectivity index (χ1v) is 13.0. The van der Waals surface area contributed by atoms with Crippen LogP contribution in [0.25, 0.3) is 0 Å². The minimum atomic E-state index is -4.04. The Labute approximate surface area is 217 Å². The van der Waals surface area contributed by atoms with Crippen molar-refractivity contribution < 1.29 is 31.5 Å². The van der Waals surface area contributed by atoms with Gasteiger partial charge in [0, 0.05) is 37.6 Å². The van der Waals surface area contributed by atoms with E-state index in [-0.39, 0.29) is 34.4 Å². The number of amides is 1. The fourth-order valence-corrected chi connectivity index (χ4v) is 5.67. The van der Waals surface area contributed by atoms with E-state index in [0.717, 1.165) is 11.8 Å². The van der Waals surface area contributed by atoms with E-state index in [2.05, 4.69) is 5.32 Å². The first-order valence-electron chi connectivity index (χ1n) is 11.2. The molecular weight excluding hydrogens is 528 g/mol. The van der Waals surface area contributed by atoms with E-state index in [1.807, 2.05) is 4.90 Å². The molecule has 37 heavy (non-hydrogen) atoms. The van der Waals surface area contributed by atoms with E-state index in [9.17, 15) is 26.8 Å². The van der Waals surface area contributed by atoms with Gasteiger partial charge in [0.15, 0.2) is 6.61 Å². The first kappa shape index (κ1) is 26.5. The second-order valence-corrected chi connectivity index (χ2v) is 10.5. The van der Waals surface area contributed by atoms with Crippen molar-refractivity contribution in [2.75, 3.05) is 43.0 Å². The lowest BCUT2D eigenvalue weighted by molar-refractivity contribution is -0.119. The zero-order valence-electron chi connectivity index (χ0n) is 19.4. The van der Waals surface area contributed by atoms with Gasteiger partial charge in [-0.15, -0.1) is 0 Å². The number of esters is 1. The number of halogens is 3. The number of nitrogens with one attached hydrogen (secondary N) is 1. The van der Waals surface area contributed by atoms with Gasteiger partial charge in [0.1, 0.15) is 16.5 Å². The quantitative estimate of drug-likeness (QED) is 0.449. The average Bonchev–Trinajstić information content (AvgIpc) is 2.89. The summed E-state index contributed by atoms with van der Waals surface area (Å²) in [6.07, 6.45) is 0. The Kier molecular flexibility index (Phi) is 8.06. The molecule has 1 saturated heterocycles. The van der Waals surface area contributed by atoms with Crippen molar-refractivity contribution >= 4 is 44.9 Å². The lowest BCUT2D eigenvalue weighted by Crippen LogP contribution is -2.48. The minimum absolute atomic E-state index is 0.0634. The number of nitrogens with zero attached hydrogens (tertiary/aromatic N) is 2. The average molecular weight is 550 g/mol. The van der Waals surface area contributed by atoms with Gasteiger partial charge in [0.2, 0.25) is 10.0 Å². The van der Waals surface area contributed by atoms with Gasteiger partial charge in [-0.1, -0.05) is 11.6 Å². The predicted octanol–water partition coefficient (Wildman–Crippen LogP) is 3.92. The maximum absolute atomic E-state index is 13.3. The summed E-state index contributed by atoms with van der Waals surface area (Å²) in [7, 11) is -4.04. The highest BCUT2D eigenvalue weighted by atomic mass is 35.5. The third kappa shape index (κ3) is 6.43. The Morgan fingerprint density at radius 1 is 0.892 bits per heavy atom. The fourth-order valence-electron chi connectivity index (χ4n) is 3.75. The molecule has 12 heteroatoms. The fraction of sp³-hybridized carbons (Fsp3) is 0.200. The molecule has 0 aliphatic carbocycles. The van der Waals surface area contributed by atoms with Gasteiger partial charge in [0.05, 0.1) is 10.6 Å². The van der Waals surface area contributed by atoms with Gasteiger partial charge in [-0.05, 0) is 66.7 Å². The van der Waals surface area contributed by atoms with Gasteiger partial charge in [-0.2, -0.15) is 4.31 Å². The molecule has 1 amide bonds. The zero-order valence-corrected chi connectivity index (χ0v) is 20.9. The molecule has 0 bridgehead atoms. The van der Waals surface area contributed by atoms with Gasteiger partial charge in [0.25, 0.3) is 5.91 Å². The van der Waals surface area contributed by atoms with Crippen molar-refractivity contribution in [1.29, 1.82) is 0 Å². The van der Waals surface area contributed by atoms with Crippen molar-refractivity contribution in [3.05, 3.63) is 89.0 Å². The first-order chi connectivity index (χ1) is 17.6. The Morgan fingerprint density at radius 3 is 2.11 bits per heavy atom. The van der Waals surface area contributed by atoms with Crippen LogP contribution in [0.5, 0.6) is 0 Å². The van der Waals surface area contributed by atoms with Crippen LogP contribution in [0, 0.1) is 11.6 Å². The number of benzene rings is 3. The van der Waals surface area contributed by atoms with Gasteiger partial charge in [-0.3, -0.25) is 4.79 Å². The number of carbonyl (C=O) groups is 2. The van der Waals surface area contributed by atoms with E-state index < -0.39 is 34.3 Å². The van der Waals surface area contributed by atoms with Crippen LogP contribution in [0.4, 0.5) is 20.2 Å². The number of rotatable bonds is 7. The third-order valence-electron chi connectivity index (χ3n) is 5.68. The van der Waals surface area contributed by atoms with Crippen LogP contribution in [0.2, 0.25) is 5.02 Å². The van der Waals surface area contributed by atoms with Crippen LogP contribution in [0.15, 0.2) is 71.6 Å². The SMILES string of the molecule is O=C(COC(=O)c1ccc(Cl)c(S(=O)(=O)N2CCN(c3ccc(F)cc3)CC2)c1)Nc1ccc(F)cc1. The molecule has 0 atom stereocenters. The summed E-state index contributed by atoms with van der Waals surface area (Å²) in [4.78, 5) is 26.2. The van der Waals surface area contributed by atoms with Crippen molar-refractivity contribution in [3.63, 3.8) is 0 Å². The highest BCUT2D eigenvalue weighted by Gasteiger charge is 2.31. The van der Waals surface area contributed by atoms with Gasteiger partial charge < -0.3 is 15.0 Å². The molecule has 3 aromatic rings. The molecule has 1 N–H and O–H groups in total. The van der Waals surface area contributed by atoms with Crippen molar-refractivity contribution in [3.8, 4) is 0 Å². The molecule has 4 rings (SSSR count). The zero-order chi connectivity index (χ0) is 26.6.